The number of halogens is 3. The monoisotopic (exact) mass is 704 g/mol. The number of rotatable bonds is 15. The van der Waals surface area contributed by atoms with Gasteiger partial charge in [-0.25, -0.2) is 4.57 Å². The lowest BCUT2D eigenvalue weighted by atomic mass is 10.3. The highest BCUT2D eigenvalue weighted by Gasteiger charge is 2.29. The van der Waals surface area contributed by atoms with Crippen molar-refractivity contribution in [3.8, 4) is 0 Å². The fourth-order valence-corrected chi connectivity index (χ4v) is 4.06. The molecule has 0 amide bonds. The molecule has 0 aromatic heterocycles. The van der Waals surface area contributed by atoms with Gasteiger partial charge in [0.2, 0.25) is 0 Å². The Morgan fingerprint density at radius 1 is 0.923 bits per heavy atom. The average Bonchev–Trinajstić information content (AvgIpc) is 2.79. The first-order valence-corrected chi connectivity index (χ1v) is 19.3. The molecule has 12 nitrogen and oxygen atoms in total. The first-order chi connectivity index (χ1) is 17.8. The molecule has 0 rings (SSSR count). The predicted molar refractivity (Wildman–Crippen MR) is 164 cm³/mol. The summed E-state index contributed by atoms with van der Waals surface area (Å²) < 4.78 is 37.2. The van der Waals surface area contributed by atoms with Crippen molar-refractivity contribution in [3.63, 3.8) is 0 Å². The molecule has 0 saturated carbocycles. The highest BCUT2D eigenvalue weighted by atomic mass is 36.0. The first kappa shape index (κ1) is 47.0. The fourth-order valence-electron chi connectivity index (χ4n) is 1.96. The van der Waals surface area contributed by atoms with E-state index in [4.69, 9.17) is 28.9 Å². The molecule has 0 aliphatic carbocycles. The van der Waals surface area contributed by atoms with Crippen LogP contribution in [0.1, 0.15) is 27.2 Å². The molecule has 0 heterocycles. The van der Waals surface area contributed by atoms with Gasteiger partial charge in [0.25, 0.3) is 0 Å². The second-order valence-electron chi connectivity index (χ2n) is 7.76. The molecule has 3 atom stereocenters. The van der Waals surface area contributed by atoms with Crippen LogP contribution in [-0.4, -0.2) is 127 Å². The van der Waals surface area contributed by atoms with Gasteiger partial charge in [0.1, 0.15) is 0 Å². The zero-order valence-electron chi connectivity index (χ0n) is 23.8. The smallest absolute Gasteiger partial charge is 0.396 e. The molecular formula is C20H45Cl3N2O10P2S2. The summed E-state index contributed by atoms with van der Waals surface area (Å²) in [6.07, 6.45) is -0.108. The Labute approximate surface area is 256 Å². The van der Waals surface area contributed by atoms with Crippen molar-refractivity contribution < 1.29 is 47.6 Å². The lowest BCUT2D eigenvalue weighted by molar-refractivity contribution is -0.109. The SMILES string of the molecule is CC(=O)SCCO.CCC(CN(C)C)OP(=O)(OC)OCCSC(C)=O.CN(C)CC(O)CO.O=P(Cl)(Cl)Cl. The quantitative estimate of drug-likeness (QED) is 0.163. The number of nitrogens with zero attached hydrogens (tertiary/aromatic N) is 2. The van der Waals surface area contributed by atoms with E-state index in [9.17, 15) is 18.7 Å². The van der Waals surface area contributed by atoms with Crippen molar-refractivity contribution in [2.45, 2.75) is 39.4 Å². The van der Waals surface area contributed by atoms with Crippen LogP contribution in [0.25, 0.3) is 0 Å². The number of carbonyl (C=O) groups is 2. The third-order valence-corrected chi connectivity index (χ3v) is 6.42. The molecule has 0 saturated heterocycles. The van der Waals surface area contributed by atoms with Gasteiger partial charge in [-0.2, -0.15) is 0 Å². The number of carbonyl (C=O) groups excluding carboxylic acids is 2. The van der Waals surface area contributed by atoms with Gasteiger partial charge < -0.3 is 25.1 Å². The molecule has 0 radical (unpaired) electrons. The molecule has 0 aromatic rings. The van der Waals surface area contributed by atoms with Crippen LogP contribution in [0.2, 0.25) is 0 Å². The zero-order chi connectivity index (χ0) is 31.7. The van der Waals surface area contributed by atoms with E-state index in [0.29, 0.717) is 31.0 Å². The molecule has 19 heteroatoms. The van der Waals surface area contributed by atoms with Crippen LogP contribution in [-0.2, 0) is 32.3 Å². The van der Waals surface area contributed by atoms with Gasteiger partial charge in [-0.05, 0) is 68.3 Å². The summed E-state index contributed by atoms with van der Waals surface area (Å²) in [4.78, 5) is 24.6. The van der Waals surface area contributed by atoms with E-state index >= 15 is 0 Å². The number of likely N-dealkylation sites (N-methyl/N-ethyl adjacent to an activating group) is 2. The van der Waals surface area contributed by atoms with E-state index in [1.54, 1.807) is 0 Å². The molecule has 0 aliphatic heterocycles. The van der Waals surface area contributed by atoms with Gasteiger partial charge >= 0.3 is 13.0 Å². The molecule has 0 fully saturated rings. The van der Waals surface area contributed by atoms with Gasteiger partial charge in [-0.1, -0.05) is 30.4 Å². The lowest BCUT2D eigenvalue weighted by Crippen LogP contribution is -2.28. The predicted octanol–water partition coefficient (Wildman–Crippen LogP) is 4.36. The van der Waals surface area contributed by atoms with Crippen molar-refractivity contribution in [1.29, 1.82) is 0 Å². The third-order valence-electron chi connectivity index (χ3n) is 3.35. The standard InChI is InChI=1S/C11H24NO5PS.C5H13NO2.C4H8O2S.Cl3OP/c1-6-11(9-12(3)4)17-18(14,15-5)16-7-8-19-10(2)13;1-6(2)3-5(8)4-7;1-4(6)7-3-2-5;1-5(2,3)4/h11H,6-9H2,1-5H3;5,7-8H,3-4H2,1-2H3;5H,2-3H2,1H3;. The molecule has 39 heavy (non-hydrogen) atoms. The molecule has 0 spiro atoms. The van der Waals surface area contributed by atoms with E-state index in [0.717, 1.165) is 23.5 Å². The number of phosphoric ester groups is 1. The number of aliphatic hydroxyl groups excluding tert-OH is 3. The Hall–Kier alpha value is 1.05. The summed E-state index contributed by atoms with van der Waals surface area (Å²) in [5.41, 5.74) is 0. The molecule has 3 unspecified atom stereocenters. The summed E-state index contributed by atoms with van der Waals surface area (Å²) in [7, 11) is 5.27. The van der Waals surface area contributed by atoms with Crippen molar-refractivity contribution in [2.75, 3.05) is 79.7 Å². The van der Waals surface area contributed by atoms with Crippen molar-refractivity contribution in [2.24, 2.45) is 0 Å². The van der Waals surface area contributed by atoms with Crippen LogP contribution in [0.15, 0.2) is 0 Å². The van der Waals surface area contributed by atoms with Crippen molar-refractivity contribution in [3.05, 3.63) is 0 Å². The average molecular weight is 706 g/mol. The minimum Gasteiger partial charge on any atom is -0.396 e. The van der Waals surface area contributed by atoms with Gasteiger partial charge in [-0.15, -0.1) is 0 Å². The molecule has 0 aromatic carbocycles. The number of hydrogen-bond acceptors (Lipinski definition) is 14. The van der Waals surface area contributed by atoms with Crippen molar-refractivity contribution >= 4 is 80.5 Å². The largest absolute Gasteiger partial charge is 0.474 e. The maximum atomic E-state index is 12.2. The lowest BCUT2D eigenvalue weighted by Gasteiger charge is -2.24. The first-order valence-electron chi connectivity index (χ1n) is 11.4. The second-order valence-corrected chi connectivity index (χ2v) is 18.7. The highest BCUT2D eigenvalue weighted by Crippen LogP contribution is 2.61. The molecular weight excluding hydrogens is 661 g/mol. The molecule has 238 valence electrons. The van der Waals surface area contributed by atoms with Gasteiger partial charge in [0.05, 0.1) is 32.0 Å². The normalized spacial score (nSPS) is 14.1. The topological polar surface area (TPSA) is 163 Å². The van der Waals surface area contributed by atoms with Crippen LogP contribution >= 0.6 is 70.3 Å². The van der Waals surface area contributed by atoms with E-state index < -0.39 is 19.1 Å². The molecule has 0 bridgehead atoms. The fraction of sp³-hybridized carbons (Fsp3) is 0.900. The number of phosphoric acid groups is 1. The van der Waals surface area contributed by atoms with Crippen molar-refractivity contribution in [1.82, 2.24) is 9.80 Å². The zero-order valence-corrected chi connectivity index (χ0v) is 29.4. The van der Waals surface area contributed by atoms with Gasteiger partial charge in [0, 0.05) is 45.6 Å². The van der Waals surface area contributed by atoms with Crippen LogP contribution < -0.4 is 0 Å². The summed E-state index contributed by atoms with van der Waals surface area (Å²) in [5, 5.41) is 22.0. The summed E-state index contributed by atoms with van der Waals surface area (Å²) in [6, 6.07) is 0. The van der Waals surface area contributed by atoms with Gasteiger partial charge in [-0.3, -0.25) is 27.7 Å². The van der Waals surface area contributed by atoms with E-state index in [-0.39, 0.29) is 36.2 Å². The Morgan fingerprint density at radius 3 is 1.62 bits per heavy atom. The molecule has 3 N–H and O–H groups in total. The van der Waals surface area contributed by atoms with Crippen LogP contribution in [0, 0.1) is 0 Å². The minimum absolute atomic E-state index is 0.00388. The summed E-state index contributed by atoms with van der Waals surface area (Å²) in [6.45, 7) is 6.14. The van der Waals surface area contributed by atoms with Crippen LogP contribution in [0.3, 0.4) is 0 Å². The van der Waals surface area contributed by atoms with Crippen LogP contribution in [0.5, 0.6) is 0 Å². The minimum atomic E-state index is -3.54. The van der Waals surface area contributed by atoms with Gasteiger partial charge in [0.15, 0.2) is 10.2 Å². The van der Waals surface area contributed by atoms with Crippen LogP contribution in [0.4, 0.5) is 0 Å². The second kappa shape index (κ2) is 29.1. The Kier molecular flexibility index (Phi) is 35.1. The number of thioether (sulfide) groups is 2. The number of aliphatic hydroxyl groups is 3. The Balaban J connectivity index is -0.000000250. The Bertz CT molecular complexity index is 702. The van der Waals surface area contributed by atoms with E-state index in [2.05, 4.69) is 33.7 Å². The summed E-state index contributed by atoms with van der Waals surface area (Å²) >= 11 is 16.1. The van der Waals surface area contributed by atoms with E-state index in [1.165, 1.54) is 21.0 Å². The summed E-state index contributed by atoms with van der Waals surface area (Å²) in [5.74, 6) is 0.950. The Morgan fingerprint density at radius 2 is 1.36 bits per heavy atom. The maximum Gasteiger partial charge on any atom is 0.474 e. The molecule has 0 aliphatic rings. The van der Waals surface area contributed by atoms with E-state index in [1.807, 2.05) is 44.9 Å². The maximum absolute atomic E-state index is 12.2. The third kappa shape index (κ3) is 49.1. The number of hydrogen-bond donors (Lipinski definition) is 3. The highest BCUT2D eigenvalue weighted by molar-refractivity contribution is 8.24.